The number of aromatic nitrogens is 1. The molecule has 0 aliphatic rings. The molecule has 5 nitrogen and oxygen atoms in total. The maximum Gasteiger partial charge on any atom is 0.309 e. The van der Waals surface area contributed by atoms with E-state index in [1.165, 1.54) is 11.3 Å². The van der Waals surface area contributed by atoms with Crippen molar-refractivity contribution in [3.8, 4) is 5.75 Å². The van der Waals surface area contributed by atoms with Crippen molar-refractivity contribution in [2.45, 2.75) is 6.42 Å². The van der Waals surface area contributed by atoms with Crippen molar-refractivity contribution in [1.29, 1.82) is 0 Å². The summed E-state index contributed by atoms with van der Waals surface area (Å²) < 4.78 is 5.51. The van der Waals surface area contributed by atoms with E-state index in [9.17, 15) is 4.79 Å². The number of carboxylic acids is 1. The van der Waals surface area contributed by atoms with Gasteiger partial charge in [-0.05, 0) is 18.2 Å². The largest absolute Gasteiger partial charge is 0.490 e. The van der Waals surface area contributed by atoms with Crippen molar-refractivity contribution in [2.75, 3.05) is 18.5 Å². The molecule has 112 valence electrons. The Hall–Kier alpha value is -1.50. The minimum atomic E-state index is -0.896. The Balaban J connectivity index is 1.76. The summed E-state index contributed by atoms with van der Waals surface area (Å²) in [5, 5.41) is 15.1. The first kappa shape index (κ1) is 15.9. The third-order valence-corrected chi connectivity index (χ3v) is 3.79. The average Bonchev–Trinajstić information content (AvgIpc) is 2.83. The molecule has 0 saturated heterocycles. The van der Waals surface area contributed by atoms with Crippen molar-refractivity contribution >= 4 is 45.6 Å². The fourth-order valence-corrected chi connectivity index (χ4v) is 2.74. The van der Waals surface area contributed by atoms with Crippen LogP contribution in [-0.2, 0) is 11.2 Å². The number of benzene rings is 1. The third kappa shape index (κ3) is 5.08. The van der Waals surface area contributed by atoms with E-state index < -0.39 is 5.97 Å². The van der Waals surface area contributed by atoms with Gasteiger partial charge in [0.2, 0.25) is 0 Å². The fourth-order valence-electron chi connectivity index (χ4n) is 1.54. The van der Waals surface area contributed by atoms with E-state index in [1.54, 1.807) is 23.6 Å². The molecule has 2 aromatic rings. The molecule has 0 radical (unpaired) electrons. The van der Waals surface area contributed by atoms with Gasteiger partial charge in [0.25, 0.3) is 0 Å². The quantitative estimate of drug-likeness (QED) is 0.750. The van der Waals surface area contributed by atoms with Crippen LogP contribution < -0.4 is 10.1 Å². The molecular weight excluding hydrogens is 335 g/mol. The lowest BCUT2D eigenvalue weighted by molar-refractivity contribution is -0.136. The summed E-state index contributed by atoms with van der Waals surface area (Å²) in [4.78, 5) is 14.7. The van der Waals surface area contributed by atoms with Gasteiger partial charge >= 0.3 is 5.97 Å². The number of thiazole rings is 1. The highest BCUT2D eigenvalue weighted by Gasteiger charge is 2.06. The molecule has 1 heterocycles. The van der Waals surface area contributed by atoms with Gasteiger partial charge in [0.1, 0.15) is 12.4 Å². The molecule has 0 amide bonds. The third-order valence-electron chi connectivity index (χ3n) is 2.41. The maximum absolute atomic E-state index is 10.6. The molecule has 21 heavy (non-hydrogen) atoms. The summed E-state index contributed by atoms with van der Waals surface area (Å²) >= 11 is 13.1. The fraction of sp³-hybridized carbons (Fsp3) is 0.231. The minimum absolute atomic E-state index is 0.0743. The first-order valence-corrected chi connectivity index (χ1v) is 7.66. The van der Waals surface area contributed by atoms with Crippen molar-refractivity contribution < 1.29 is 14.6 Å². The average molecular weight is 347 g/mol. The topological polar surface area (TPSA) is 71.5 Å². The summed E-state index contributed by atoms with van der Waals surface area (Å²) in [6.07, 6.45) is -0.0743. The van der Waals surface area contributed by atoms with Crippen LogP contribution in [-0.4, -0.2) is 29.2 Å². The van der Waals surface area contributed by atoms with Gasteiger partial charge in [-0.3, -0.25) is 4.79 Å². The van der Waals surface area contributed by atoms with Gasteiger partial charge in [-0.15, -0.1) is 11.3 Å². The summed E-state index contributed by atoms with van der Waals surface area (Å²) in [6, 6.07) is 5.03. The van der Waals surface area contributed by atoms with Gasteiger partial charge in [0.15, 0.2) is 5.13 Å². The zero-order valence-corrected chi connectivity index (χ0v) is 13.1. The van der Waals surface area contributed by atoms with E-state index in [4.69, 9.17) is 33.0 Å². The van der Waals surface area contributed by atoms with Gasteiger partial charge < -0.3 is 15.2 Å². The first-order chi connectivity index (χ1) is 10.0. The molecule has 0 spiro atoms. The molecular formula is C13H12Cl2N2O3S. The van der Waals surface area contributed by atoms with Crippen molar-refractivity contribution in [3.05, 3.63) is 39.3 Å². The summed E-state index contributed by atoms with van der Waals surface area (Å²) in [5.74, 6) is -0.332. The van der Waals surface area contributed by atoms with Crippen LogP contribution in [0, 0.1) is 0 Å². The minimum Gasteiger partial charge on any atom is -0.490 e. The molecule has 0 unspecified atom stereocenters. The van der Waals surface area contributed by atoms with Crippen LogP contribution in [0.2, 0.25) is 10.0 Å². The molecule has 2 rings (SSSR count). The normalized spacial score (nSPS) is 10.4. The number of nitrogens with zero attached hydrogens (tertiary/aromatic N) is 1. The number of anilines is 1. The molecule has 0 bridgehead atoms. The highest BCUT2D eigenvalue weighted by atomic mass is 35.5. The Kier molecular flexibility index (Phi) is 5.67. The Morgan fingerprint density at radius 2 is 2.24 bits per heavy atom. The van der Waals surface area contributed by atoms with Crippen molar-refractivity contribution in [3.63, 3.8) is 0 Å². The predicted molar refractivity (Wildman–Crippen MR) is 83.9 cm³/mol. The zero-order valence-electron chi connectivity index (χ0n) is 10.8. The SMILES string of the molecule is O=C(O)Cc1csc(NCCOc2ccc(Cl)cc2Cl)n1. The Morgan fingerprint density at radius 3 is 2.95 bits per heavy atom. The van der Waals surface area contributed by atoms with E-state index >= 15 is 0 Å². The maximum atomic E-state index is 10.6. The number of carboxylic acid groups (broad SMARTS) is 1. The second-order valence-corrected chi connectivity index (χ2v) is 5.77. The molecule has 0 aliphatic heterocycles. The lowest BCUT2D eigenvalue weighted by atomic mass is 10.3. The summed E-state index contributed by atoms with van der Waals surface area (Å²) in [5.41, 5.74) is 0.539. The number of carbonyl (C=O) groups is 1. The smallest absolute Gasteiger partial charge is 0.309 e. The van der Waals surface area contributed by atoms with E-state index in [-0.39, 0.29) is 6.42 Å². The van der Waals surface area contributed by atoms with Gasteiger partial charge in [0.05, 0.1) is 23.7 Å². The van der Waals surface area contributed by atoms with Crippen molar-refractivity contribution in [2.24, 2.45) is 0 Å². The van der Waals surface area contributed by atoms with Crippen LogP contribution in [0.5, 0.6) is 5.75 Å². The number of aliphatic carboxylic acids is 1. The number of ether oxygens (including phenoxy) is 1. The highest BCUT2D eigenvalue weighted by molar-refractivity contribution is 7.13. The van der Waals surface area contributed by atoms with Crippen molar-refractivity contribution in [1.82, 2.24) is 4.98 Å². The monoisotopic (exact) mass is 346 g/mol. The molecule has 1 aromatic carbocycles. The van der Waals surface area contributed by atoms with Gasteiger partial charge in [0, 0.05) is 10.4 Å². The van der Waals surface area contributed by atoms with Crippen LogP contribution in [0.4, 0.5) is 5.13 Å². The molecule has 0 fully saturated rings. The van der Waals surface area contributed by atoms with Gasteiger partial charge in [-0.2, -0.15) is 0 Å². The number of halogens is 2. The zero-order chi connectivity index (χ0) is 15.2. The molecule has 8 heteroatoms. The number of hydrogen-bond donors (Lipinski definition) is 2. The van der Waals surface area contributed by atoms with E-state index in [1.807, 2.05) is 0 Å². The van der Waals surface area contributed by atoms with Crippen LogP contribution in [0.3, 0.4) is 0 Å². The molecule has 1 aromatic heterocycles. The second-order valence-electron chi connectivity index (χ2n) is 4.06. The Labute approximate surface area is 135 Å². The standard InChI is InChI=1S/C13H12Cl2N2O3S/c14-8-1-2-11(10(15)5-8)20-4-3-16-13-17-9(7-21-13)6-12(18)19/h1-2,5,7H,3-4,6H2,(H,16,17)(H,18,19). The van der Waals surface area contributed by atoms with Crippen LogP contribution >= 0.6 is 34.5 Å². The van der Waals surface area contributed by atoms with E-state index in [0.717, 1.165) is 0 Å². The van der Waals surface area contributed by atoms with Crippen LogP contribution in [0.25, 0.3) is 0 Å². The Bertz CT molecular complexity index is 634. The second kappa shape index (κ2) is 7.49. The lowest BCUT2D eigenvalue weighted by Gasteiger charge is -2.08. The Morgan fingerprint density at radius 1 is 1.43 bits per heavy atom. The van der Waals surface area contributed by atoms with Gasteiger partial charge in [-0.25, -0.2) is 4.98 Å². The highest BCUT2D eigenvalue weighted by Crippen LogP contribution is 2.27. The molecule has 0 saturated carbocycles. The molecule has 2 N–H and O–H groups in total. The lowest BCUT2D eigenvalue weighted by Crippen LogP contribution is -2.11. The molecule has 0 aliphatic carbocycles. The van der Waals surface area contributed by atoms with Crippen LogP contribution in [0.15, 0.2) is 23.6 Å². The van der Waals surface area contributed by atoms with E-state index in [0.29, 0.717) is 39.8 Å². The predicted octanol–water partition coefficient (Wildman–Crippen LogP) is 3.57. The van der Waals surface area contributed by atoms with Gasteiger partial charge in [-0.1, -0.05) is 23.2 Å². The number of nitrogens with one attached hydrogen (secondary N) is 1. The number of hydrogen-bond acceptors (Lipinski definition) is 5. The number of rotatable bonds is 7. The summed E-state index contributed by atoms with van der Waals surface area (Å²) in [7, 11) is 0. The van der Waals surface area contributed by atoms with Crippen LogP contribution in [0.1, 0.15) is 5.69 Å². The first-order valence-electron chi connectivity index (χ1n) is 6.02. The summed E-state index contributed by atoms with van der Waals surface area (Å²) in [6.45, 7) is 0.925. The molecule has 0 atom stereocenters. The van der Waals surface area contributed by atoms with E-state index in [2.05, 4.69) is 10.3 Å².